The van der Waals surface area contributed by atoms with Crippen molar-refractivity contribution < 1.29 is 0 Å². The number of aromatic nitrogens is 2. The summed E-state index contributed by atoms with van der Waals surface area (Å²) in [5, 5.41) is 3.26. The standard InChI is InChI=1S/C16H19BrN4/c1-2-9-18-16-19-11-13(17)15(20-16)21-10-5-7-12-6-3-4-8-14(12)21/h3-4,6,8,11H,2,5,7,9-10H2,1H3,(H,18,19,20). The SMILES string of the molecule is CCCNc1ncc(Br)c(N2CCCc3ccccc32)n1. The van der Waals surface area contributed by atoms with Gasteiger partial charge in [0.2, 0.25) is 5.95 Å². The van der Waals surface area contributed by atoms with E-state index in [0.717, 1.165) is 42.6 Å². The molecule has 3 rings (SSSR count). The molecule has 1 aromatic carbocycles. The molecule has 2 aromatic rings. The van der Waals surface area contributed by atoms with Crippen molar-refractivity contribution in [1.29, 1.82) is 0 Å². The van der Waals surface area contributed by atoms with Gasteiger partial charge in [-0.1, -0.05) is 25.1 Å². The highest BCUT2D eigenvalue weighted by atomic mass is 79.9. The third-order valence-corrected chi connectivity index (χ3v) is 4.18. The third kappa shape index (κ3) is 3.02. The highest BCUT2D eigenvalue weighted by Crippen LogP contribution is 2.36. The van der Waals surface area contributed by atoms with Crippen LogP contribution in [0, 0.1) is 0 Å². The second kappa shape index (κ2) is 6.43. The van der Waals surface area contributed by atoms with Crippen molar-refractivity contribution >= 4 is 33.4 Å². The minimum Gasteiger partial charge on any atom is -0.354 e. The summed E-state index contributed by atoms with van der Waals surface area (Å²) in [7, 11) is 0. The zero-order chi connectivity index (χ0) is 14.7. The molecule has 4 nitrogen and oxygen atoms in total. The van der Waals surface area contributed by atoms with Crippen molar-refractivity contribution in [1.82, 2.24) is 9.97 Å². The second-order valence-electron chi connectivity index (χ2n) is 5.18. The Morgan fingerprint density at radius 3 is 3.05 bits per heavy atom. The summed E-state index contributed by atoms with van der Waals surface area (Å²) in [6.07, 6.45) is 5.17. The Bertz CT molecular complexity index is 629. The van der Waals surface area contributed by atoms with Crippen molar-refractivity contribution in [2.75, 3.05) is 23.3 Å². The van der Waals surface area contributed by atoms with Crippen molar-refractivity contribution in [3.63, 3.8) is 0 Å². The smallest absolute Gasteiger partial charge is 0.224 e. The van der Waals surface area contributed by atoms with E-state index in [-0.39, 0.29) is 0 Å². The Labute approximate surface area is 133 Å². The van der Waals surface area contributed by atoms with E-state index < -0.39 is 0 Å². The Balaban J connectivity index is 1.97. The maximum absolute atomic E-state index is 4.69. The van der Waals surface area contributed by atoms with Gasteiger partial charge in [0.1, 0.15) is 0 Å². The largest absolute Gasteiger partial charge is 0.354 e. The van der Waals surface area contributed by atoms with Crippen LogP contribution in [0.1, 0.15) is 25.3 Å². The van der Waals surface area contributed by atoms with Crippen LogP contribution in [0.2, 0.25) is 0 Å². The molecule has 1 aliphatic rings. The van der Waals surface area contributed by atoms with Crippen molar-refractivity contribution in [3.8, 4) is 0 Å². The lowest BCUT2D eigenvalue weighted by atomic mass is 10.0. The van der Waals surface area contributed by atoms with Crippen LogP contribution < -0.4 is 10.2 Å². The molecule has 0 aliphatic carbocycles. The van der Waals surface area contributed by atoms with Crippen molar-refractivity contribution in [3.05, 3.63) is 40.5 Å². The molecule has 1 aliphatic heterocycles. The predicted octanol–water partition coefficient (Wildman–Crippen LogP) is 4.15. The number of hydrogen-bond acceptors (Lipinski definition) is 4. The van der Waals surface area contributed by atoms with Crippen molar-refractivity contribution in [2.24, 2.45) is 0 Å². The maximum Gasteiger partial charge on any atom is 0.224 e. The number of anilines is 3. The molecule has 110 valence electrons. The van der Waals surface area contributed by atoms with E-state index in [1.165, 1.54) is 11.3 Å². The van der Waals surface area contributed by atoms with Gasteiger partial charge in [-0.25, -0.2) is 4.98 Å². The van der Waals surface area contributed by atoms with Gasteiger partial charge in [-0.2, -0.15) is 4.98 Å². The Morgan fingerprint density at radius 1 is 1.33 bits per heavy atom. The topological polar surface area (TPSA) is 41.1 Å². The molecule has 0 fully saturated rings. The number of rotatable bonds is 4. The molecule has 0 unspecified atom stereocenters. The predicted molar refractivity (Wildman–Crippen MR) is 90.3 cm³/mol. The van der Waals surface area contributed by atoms with Crippen LogP contribution in [0.25, 0.3) is 0 Å². The fraction of sp³-hybridized carbons (Fsp3) is 0.375. The van der Waals surface area contributed by atoms with Crippen LogP contribution in [-0.2, 0) is 6.42 Å². The van der Waals surface area contributed by atoms with Crippen molar-refractivity contribution in [2.45, 2.75) is 26.2 Å². The number of benzene rings is 1. The van der Waals surface area contributed by atoms with Gasteiger partial charge in [-0.15, -0.1) is 0 Å². The molecule has 0 saturated carbocycles. The van der Waals surface area contributed by atoms with Gasteiger partial charge in [0.15, 0.2) is 5.82 Å². The first-order valence-corrected chi connectivity index (χ1v) is 8.20. The molecular weight excluding hydrogens is 328 g/mol. The summed E-state index contributed by atoms with van der Waals surface area (Å²) in [4.78, 5) is 11.3. The Morgan fingerprint density at radius 2 is 2.19 bits per heavy atom. The number of hydrogen-bond donors (Lipinski definition) is 1. The quantitative estimate of drug-likeness (QED) is 0.902. The first kappa shape index (κ1) is 14.3. The van der Waals surface area contributed by atoms with Crippen LogP contribution >= 0.6 is 15.9 Å². The molecule has 0 atom stereocenters. The molecule has 0 radical (unpaired) electrons. The lowest BCUT2D eigenvalue weighted by molar-refractivity contribution is 0.757. The normalized spacial score (nSPS) is 13.9. The van der Waals surface area contributed by atoms with E-state index in [0.29, 0.717) is 5.95 Å². The van der Waals surface area contributed by atoms with Gasteiger partial charge in [0, 0.05) is 25.0 Å². The average Bonchev–Trinajstić information content (AvgIpc) is 2.54. The molecule has 0 bridgehead atoms. The van der Waals surface area contributed by atoms with E-state index in [1.54, 1.807) is 0 Å². The van der Waals surface area contributed by atoms with Gasteiger partial charge in [-0.05, 0) is 46.8 Å². The molecular formula is C16H19BrN4. The number of para-hydroxylation sites is 1. The number of nitrogens with one attached hydrogen (secondary N) is 1. The van der Waals surface area contributed by atoms with Crippen LogP contribution in [0.4, 0.5) is 17.5 Å². The van der Waals surface area contributed by atoms with Gasteiger partial charge in [0.05, 0.1) is 4.47 Å². The summed E-state index contributed by atoms with van der Waals surface area (Å²) >= 11 is 3.59. The van der Waals surface area contributed by atoms with E-state index in [9.17, 15) is 0 Å². The van der Waals surface area contributed by atoms with Crippen LogP contribution in [0.3, 0.4) is 0 Å². The second-order valence-corrected chi connectivity index (χ2v) is 6.03. The van der Waals surface area contributed by atoms with E-state index in [1.807, 2.05) is 6.20 Å². The summed E-state index contributed by atoms with van der Waals surface area (Å²) < 4.78 is 0.932. The molecule has 1 N–H and O–H groups in total. The van der Waals surface area contributed by atoms with Crippen LogP contribution in [0.5, 0.6) is 0 Å². The highest BCUT2D eigenvalue weighted by molar-refractivity contribution is 9.10. The maximum atomic E-state index is 4.69. The zero-order valence-electron chi connectivity index (χ0n) is 12.1. The summed E-state index contributed by atoms with van der Waals surface area (Å²) in [6.45, 7) is 4.01. The highest BCUT2D eigenvalue weighted by Gasteiger charge is 2.21. The van der Waals surface area contributed by atoms with E-state index in [2.05, 4.69) is 67.3 Å². The molecule has 0 saturated heterocycles. The minimum absolute atomic E-state index is 0.693. The molecule has 5 heteroatoms. The molecule has 0 spiro atoms. The monoisotopic (exact) mass is 346 g/mol. The van der Waals surface area contributed by atoms with Gasteiger partial charge in [-0.3, -0.25) is 0 Å². The number of aryl methyl sites for hydroxylation is 1. The summed E-state index contributed by atoms with van der Waals surface area (Å²) in [6, 6.07) is 8.56. The van der Waals surface area contributed by atoms with Gasteiger partial charge < -0.3 is 10.2 Å². The number of nitrogens with zero attached hydrogens (tertiary/aromatic N) is 3. The van der Waals surface area contributed by atoms with Gasteiger partial charge in [0.25, 0.3) is 0 Å². The third-order valence-electron chi connectivity index (χ3n) is 3.62. The van der Waals surface area contributed by atoms with Gasteiger partial charge >= 0.3 is 0 Å². The fourth-order valence-corrected chi connectivity index (χ4v) is 3.03. The molecule has 2 heterocycles. The van der Waals surface area contributed by atoms with E-state index in [4.69, 9.17) is 0 Å². The van der Waals surface area contributed by atoms with Crippen LogP contribution in [0.15, 0.2) is 34.9 Å². The lowest BCUT2D eigenvalue weighted by Crippen LogP contribution is -2.26. The fourth-order valence-electron chi connectivity index (χ4n) is 2.62. The molecule has 1 aromatic heterocycles. The average molecular weight is 347 g/mol. The van der Waals surface area contributed by atoms with E-state index >= 15 is 0 Å². The first-order valence-electron chi connectivity index (χ1n) is 7.41. The number of fused-ring (bicyclic) bond motifs is 1. The Hall–Kier alpha value is -1.62. The zero-order valence-corrected chi connectivity index (χ0v) is 13.7. The number of halogens is 1. The first-order chi connectivity index (χ1) is 10.3. The lowest BCUT2D eigenvalue weighted by Gasteiger charge is -2.31. The summed E-state index contributed by atoms with van der Waals surface area (Å²) in [5.74, 6) is 1.63. The summed E-state index contributed by atoms with van der Waals surface area (Å²) in [5.41, 5.74) is 2.64. The molecule has 21 heavy (non-hydrogen) atoms. The van der Waals surface area contributed by atoms with Crippen LogP contribution in [-0.4, -0.2) is 23.1 Å². The minimum atomic E-state index is 0.693. The molecule has 0 amide bonds. The Kier molecular flexibility index (Phi) is 4.39.